The van der Waals surface area contributed by atoms with E-state index in [1.807, 2.05) is 38.1 Å². The van der Waals surface area contributed by atoms with Crippen LogP contribution >= 0.6 is 0 Å². The van der Waals surface area contributed by atoms with Gasteiger partial charge >= 0.3 is 5.97 Å². The summed E-state index contributed by atoms with van der Waals surface area (Å²) in [4.78, 5) is 11.6. The summed E-state index contributed by atoms with van der Waals surface area (Å²) >= 11 is 0. The van der Waals surface area contributed by atoms with Gasteiger partial charge in [-0.05, 0) is 38.8 Å². The van der Waals surface area contributed by atoms with Gasteiger partial charge in [0.15, 0.2) is 0 Å². The third-order valence-electron chi connectivity index (χ3n) is 3.79. The van der Waals surface area contributed by atoms with Crippen LogP contribution in [0.4, 0.5) is 0 Å². The molecule has 21 heavy (non-hydrogen) atoms. The monoisotopic (exact) mass is 293 g/mol. The molecule has 5 nitrogen and oxygen atoms in total. The van der Waals surface area contributed by atoms with Gasteiger partial charge in [-0.25, -0.2) is 0 Å². The molecule has 1 aromatic rings. The Morgan fingerprint density at radius 1 is 1.43 bits per heavy atom. The largest absolute Gasteiger partial charge is 0.497 e. The van der Waals surface area contributed by atoms with Crippen molar-refractivity contribution in [2.45, 2.75) is 50.8 Å². The van der Waals surface area contributed by atoms with Crippen molar-refractivity contribution in [1.29, 1.82) is 0 Å². The number of methoxy groups -OCH3 is 1. The van der Waals surface area contributed by atoms with Crippen molar-refractivity contribution in [3.8, 4) is 11.5 Å². The summed E-state index contributed by atoms with van der Waals surface area (Å²) in [5, 5.41) is 12.7. The molecule has 1 aromatic carbocycles. The van der Waals surface area contributed by atoms with E-state index in [1.54, 1.807) is 7.11 Å². The van der Waals surface area contributed by atoms with Gasteiger partial charge in [0.25, 0.3) is 0 Å². The quantitative estimate of drug-likeness (QED) is 0.843. The Hall–Kier alpha value is -1.75. The van der Waals surface area contributed by atoms with Crippen LogP contribution in [0.25, 0.3) is 0 Å². The van der Waals surface area contributed by atoms with Crippen LogP contribution in [0.15, 0.2) is 24.3 Å². The predicted molar refractivity (Wildman–Crippen MR) is 79.9 cm³/mol. The smallest absolute Gasteiger partial charge is 0.324 e. The number of nitrogens with one attached hydrogen (secondary N) is 1. The SMILES string of the molecule is COc1cccc(OC2CCC(NC(C)C)(C(=O)O)C2)c1. The van der Waals surface area contributed by atoms with Crippen LogP contribution in [0.2, 0.25) is 0 Å². The van der Waals surface area contributed by atoms with Crippen LogP contribution < -0.4 is 14.8 Å². The van der Waals surface area contributed by atoms with Gasteiger partial charge in [-0.15, -0.1) is 0 Å². The van der Waals surface area contributed by atoms with Crippen LogP contribution in [0, 0.1) is 0 Å². The highest BCUT2D eigenvalue weighted by Gasteiger charge is 2.46. The summed E-state index contributed by atoms with van der Waals surface area (Å²) in [6, 6.07) is 7.51. The molecule has 0 aliphatic heterocycles. The zero-order chi connectivity index (χ0) is 15.5. The first-order valence-electron chi connectivity index (χ1n) is 7.27. The molecule has 2 N–H and O–H groups in total. The molecule has 2 unspecified atom stereocenters. The molecule has 0 saturated heterocycles. The number of carboxylic acids is 1. The van der Waals surface area contributed by atoms with Crippen molar-refractivity contribution in [2.24, 2.45) is 0 Å². The van der Waals surface area contributed by atoms with Crippen molar-refractivity contribution in [3.05, 3.63) is 24.3 Å². The van der Waals surface area contributed by atoms with E-state index in [0.29, 0.717) is 18.6 Å². The maximum atomic E-state index is 11.6. The van der Waals surface area contributed by atoms with Gasteiger partial charge in [-0.3, -0.25) is 10.1 Å². The Morgan fingerprint density at radius 2 is 2.14 bits per heavy atom. The van der Waals surface area contributed by atoms with E-state index in [-0.39, 0.29) is 12.1 Å². The average molecular weight is 293 g/mol. The number of benzene rings is 1. The number of carboxylic acid groups (broad SMARTS) is 1. The number of hydrogen-bond donors (Lipinski definition) is 2. The fourth-order valence-electron chi connectivity index (χ4n) is 2.91. The minimum atomic E-state index is -0.877. The first kappa shape index (κ1) is 15.6. The summed E-state index contributed by atoms with van der Waals surface area (Å²) in [5.74, 6) is 0.647. The molecule has 1 aliphatic rings. The standard InChI is InChI=1S/C16H23NO4/c1-11(2)17-16(15(18)19)8-7-14(10-16)21-13-6-4-5-12(9-13)20-3/h4-6,9,11,14,17H,7-8,10H2,1-3H3,(H,18,19). The lowest BCUT2D eigenvalue weighted by Gasteiger charge is -2.28. The van der Waals surface area contributed by atoms with Gasteiger partial charge in [-0.1, -0.05) is 6.07 Å². The molecule has 2 atom stereocenters. The summed E-state index contributed by atoms with van der Waals surface area (Å²) in [6.07, 6.45) is 1.68. The highest BCUT2D eigenvalue weighted by atomic mass is 16.5. The Kier molecular flexibility index (Phi) is 4.73. The Bertz CT molecular complexity index is 503. The molecule has 5 heteroatoms. The molecule has 0 bridgehead atoms. The highest BCUT2D eigenvalue weighted by Crippen LogP contribution is 2.34. The van der Waals surface area contributed by atoms with Gasteiger partial charge in [0.1, 0.15) is 23.1 Å². The first-order valence-corrected chi connectivity index (χ1v) is 7.27. The van der Waals surface area contributed by atoms with E-state index >= 15 is 0 Å². The van der Waals surface area contributed by atoms with Gasteiger partial charge in [0, 0.05) is 18.5 Å². The van der Waals surface area contributed by atoms with Gasteiger partial charge < -0.3 is 14.6 Å². The molecular formula is C16H23NO4. The van der Waals surface area contributed by atoms with Crippen LogP contribution in [0.5, 0.6) is 11.5 Å². The lowest BCUT2D eigenvalue weighted by atomic mass is 9.96. The molecule has 0 radical (unpaired) electrons. The van der Waals surface area contributed by atoms with E-state index in [2.05, 4.69) is 5.32 Å². The molecule has 0 amide bonds. The molecule has 0 aromatic heterocycles. The number of ether oxygens (including phenoxy) is 2. The van der Waals surface area contributed by atoms with Crippen molar-refractivity contribution >= 4 is 5.97 Å². The van der Waals surface area contributed by atoms with Crippen molar-refractivity contribution in [3.63, 3.8) is 0 Å². The summed E-state index contributed by atoms with van der Waals surface area (Å²) < 4.78 is 11.1. The Morgan fingerprint density at radius 3 is 2.76 bits per heavy atom. The number of aliphatic carboxylic acids is 1. The molecule has 0 heterocycles. The Balaban J connectivity index is 2.05. The number of carbonyl (C=O) groups is 1. The normalized spacial score (nSPS) is 25.0. The third-order valence-corrected chi connectivity index (χ3v) is 3.79. The minimum absolute atomic E-state index is 0.0977. The summed E-state index contributed by atoms with van der Waals surface area (Å²) in [7, 11) is 1.61. The second kappa shape index (κ2) is 6.35. The van der Waals surface area contributed by atoms with Crippen molar-refractivity contribution in [2.75, 3.05) is 7.11 Å². The van der Waals surface area contributed by atoms with E-state index in [0.717, 1.165) is 12.2 Å². The fraction of sp³-hybridized carbons (Fsp3) is 0.562. The highest BCUT2D eigenvalue weighted by molar-refractivity contribution is 5.79. The van der Waals surface area contributed by atoms with Crippen LogP contribution in [-0.2, 0) is 4.79 Å². The van der Waals surface area contributed by atoms with E-state index in [1.165, 1.54) is 0 Å². The Labute approximate surface area is 125 Å². The lowest BCUT2D eigenvalue weighted by molar-refractivity contribution is -0.145. The molecule has 1 fully saturated rings. The van der Waals surface area contributed by atoms with E-state index in [9.17, 15) is 9.90 Å². The molecule has 0 spiro atoms. The second-order valence-corrected chi connectivity index (χ2v) is 5.85. The zero-order valence-corrected chi connectivity index (χ0v) is 12.8. The fourth-order valence-corrected chi connectivity index (χ4v) is 2.91. The number of rotatable bonds is 6. The molecule has 2 rings (SSSR count). The third kappa shape index (κ3) is 3.67. The molecule has 1 aliphatic carbocycles. The summed E-state index contributed by atoms with van der Waals surface area (Å²) in [6.45, 7) is 3.92. The molecule has 116 valence electrons. The predicted octanol–water partition coefficient (Wildman–Crippen LogP) is 2.45. The molecular weight excluding hydrogens is 270 g/mol. The van der Waals surface area contributed by atoms with Crippen LogP contribution in [0.1, 0.15) is 33.1 Å². The van der Waals surface area contributed by atoms with E-state index in [4.69, 9.17) is 9.47 Å². The van der Waals surface area contributed by atoms with Crippen LogP contribution in [-0.4, -0.2) is 35.9 Å². The number of hydrogen-bond acceptors (Lipinski definition) is 4. The maximum Gasteiger partial charge on any atom is 0.324 e. The van der Waals surface area contributed by atoms with Gasteiger partial charge in [0.2, 0.25) is 0 Å². The van der Waals surface area contributed by atoms with Gasteiger partial charge in [-0.2, -0.15) is 0 Å². The second-order valence-electron chi connectivity index (χ2n) is 5.85. The maximum absolute atomic E-state index is 11.6. The van der Waals surface area contributed by atoms with E-state index < -0.39 is 11.5 Å². The molecule has 1 saturated carbocycles. The summed E-state index contributed by atoms with van der Waals surface area (Å²) in [5.41, 5.74) is -0.877. The van der Waals surface area contributed by atoms with Crippen molar-refractivity contribution < 1.29 is 19.4 Å². The van der Waals surface area contributed by atoms with Crippen molar-refractivity contribution in [1.82, 2.24) is 5.32 Å². The van der Waals surface area contributed by atoms with Crippen LogP contribution in [0.3, 0.4) is 0 Å². The zero-order valence-electron chi connectivity index (χ0n) is 12.8. The minimum Gasteiger partial charge on any atom is -0.497 e. The average Bonchev–Trinajstić information content (AvgIpc) is 2.82. The topological polar surface area (TPSA) is 67.8 Å². The van der Waals surface area contributed by atoms with Gasteiger partial charge in [0.05, 0.1) is 7.11 Å². The lowest BCUT2D eigenvalue weighted by Crippen LogP contribution is -2.53. The first-order chi connectivity index (χ1) is 9.95.